The van der Waals surface area contributed by atoms with Gasteiger partial charge in [0.25, 0.3) is 5.91 Å². The van der Waals surface area contributed by atoms with Gasteiger partial charge in [0.15, 0.2) is 0 Å². The smallest absolute Gasteiger partial charge is 0.255 e. The van der Waals surface area contributed by atoms with E-state index in [9.17, 15) is 13.2 Å². The Balaban J connectivity index is 1.49. The van der Waals surface area contributed by atoms with Crippen LogP contribution in [0.3, 0.4) is 0 Å². The number of hydrazone groups is 1. The van der Waals surface area contributed by atoms with E-state index in [-0.39, 0.29) is 18.0 Å². The highest BCUT2D eigenvalue weighted by atomic mass is 32.2. The second kappa shape index (κ2) is 12.8. The van der Waals surface area contributed by atoms with Crippen molar-refractivity contribution in [2.24, 2.45) is 5.10 Å². The Morgan fingerprint density at radius 1 is 0.975 bits per heavy atom. The standard InChI is InChI=1S/C31H34N4O4S/c1-23-10-12-28(13-11-23)35-24(2)20-27(25(35)3)21-32-33-31(36)22-34(19-18-26-8-6-5-7-9-26)40(37,38)30-16-14-29(39-4)15-17-30/h5-17,20-21H,18-19,22H2,1-4H3,(H,33,36)/b32-21-. The fraction of sp³-hybridized carbons (Fsp3) is 0.226. The zero-order valence-electron chi connectivity index (χ0n) is 23.2. The Kier molecular flexibility index (Phi) is 9.19. The minimum absolute atomic E-state index is 0.0845. The predicted molar refractivity (Wildman–Crippen MR) is 158 cm³/mol. The third kappa shape index (κ3) is 6.86. The molecule has 1 N–H and O–H groups in total. The second-order valence-electron chi connectivity index (χ2n) is 9.54. The lowest BCUT2D eigenvalue weighted by Gasteiger charge is -2.21. The summed E-state index contributed by atoms with van der Waals surface area (Å²) in [5.74, 6) is 0.0114. The van der Waals surface area contributed by atoms with Crippen LogP contribution in [-0.4, -0.2) is 49.6 Å². The minimum atomic E-state index is -3.95. The number of carbonyl (C=O) groups excluding carboxylic acids is 1. The normalized spacial score (nSPS) is 11.7. The van der Waals surface area contributed by atoms with Crippen LogP contribution >= 0.6 is 0 Å². The first-order chi connectivity index (χ1) is 19.2. The number of rotatable bonds is 11. The molecule has 0 radical (unpaired) electrons. The SMILES string of the molecule is COc1ccc(S(=O)(=O)N(CCc2ccccc2)CC(=O)N/N=C\c2cc(C)n(-c3ccc(C)cc3)c2C)cc1. The van der Waals surface area contributed by atoms with Crippen molar-refractivity contribution in [2.75, 3.05) is 20.2 Å². The number of hydrogen-bond acceptors (Lipinski definition) is 5. The third-order valence-corrected chi connectivity index (χ3v) is 8.52. The van der Waals surface area contributed by atoms with Gasteiger partial charge in [0, 0.05) is 29.2 Å². The quantitative estimate of drug-likeness (QED) is 0.212. The first-order valence-electron chi connectivity index (χ1n) is 12.9. The van der Waals surface area contributed by atoms with Crippen LogP contribution in [0, 0.1) is 20.8 Å². The Morgan fingerprint density at radius 3 is 2.30 bits per heavy atom. The van der Waals surface area contributed by atoms with E-state index in [0.29, 0.717) is 12.2 Å². The number of aryl methyl sites for hydroxylation is 2. The van der Waals surface area contributed by atoms with Gasteiger partial charge in [-0.25, -0.2) is 13.8 Å². The average molecular weight is 559 g/mol. The molecule has 0 fully saturated rings. The Hall–Kier alpha value is -4.21. The number of amides is 1. The predicted octanol–water partition coefficient (Wildman–Crippen LogP) is 4.79. The summed E-state index contributed by atoms with van der Waals surface area (Å²) in [6, 6.07) is 25.9. The van der Waals surface area contributed by atoms with Crippen molar-refractivity contribution in [1.29, 1.82) is 0 Å². The first-order valence-corrected chi connectivity index (χ1v) is 14.4. The number of nitrogens with one attached hydrogen (secondary N) is 1. The monoisotopic (exact) mass is 558 g/mol. The molecule has 0 atom stereocenters. The summed E-state index contributed by atoms with van der Waals surface area (Å²) in [5, 5.41) is 4.14. The fourth-order valence-electron chi connectivity index (χ4n) is 4.46. The van der Waals surface area contributed by atoms with Crippen molar-refractivity contribution >= 4 is 22.1 Å². The molecule has 9 heteroatoms. The van der Waals surface area contributed by atoms with Crippen LogP contribution in [0.1, 0.15) is 28.1 Å². The molecule has 40 heavy (non-hydrogen) atoms. The van der Waals surface area contributed by atoms with E-state index < -0.39 is 15.9 Å². The molecule has 4 aromatic rings. The molecule has 0 aliphatic rings. The molecule has 1 aromatic heterocycles. The zero-order valence-corrected chi connectivity index (χ0v) is 24.0. The van der Waals surface area contributed by atoms with Gasteiger partial charge in [-0.3, -0.25) is 4.79 Å². The summed E-state index contributed by atoms with van der Waals surface area (Å²) in [6.07, 6.45) is 2.04. The summed E-state index contributed by atoms with van der Waals surface area (Å²) >= 11 is 0. The van der Waals surface area contributed by atoms with Gasteiger partial charge in [0.05, 0.1) is 24.8 Å². The molecule has 3 aromatic carbocycles. The van der Waals surface area contributed by atoms with Gasteiger partial charge < -0.3 is 9.30 Å². The van der Waals surface area contributed by atoms with E-state index in [1.54, 1.807) is 18.3 Å². The van der Waals surface area contributed by atoms with Crippen molar-refractivity contribution in [3.05, 3.63) is 113 Å². The van der Waals surface area contributed by atoms with Gasteiger partial charge >= 0.3 is 0 Å². The number of hydrogen-bond donors (Lipinski definition) is 1. The highest BCUT2D eigenvalue weighted by Gasteiger charge is 2.26. The number of methoxy groups -OCH3 is 1. The van der Waals surface area contributed by atoms with Crippen LogP contribution in [0.5, 0.6) is 5.75 Å². The highest BCUT2D eigenvalue weighted by molar-refractivity contribution is 7.89. The topological polar surface area (TPSA) is 93.0 Å². The summed E-state index contributed by atoms with van der Waals surface area (Å²) in [5.41, 5.74) is 8.56. The van der Waals surface area contributed by atoms with E-state index in [1.807, 2.05) is 57.2 Å². The van der Waals surface area contributed by atoms with Gasteiger partial charge in [-0.2, -0.15) is 9.41 Å². The van der Waals surface area contributed by atoms with Crippen LogP contribution in [-0.2, 0) is 21.2 Å². The van der Waals surface area contributed by atoms with E-state index >= 15 is 0 Å². The second-order valence-corrected chi connectivity index (χ2v) is 11.5. The van der Waals surface area contributed by atoms with Gasteiger partial charge in [0.1, 0.15) is 5.75 Å². The van der Waals surface area contributed by atoms with E-state index in [1.165, 1.54) is 29.1 Å². The molecule has 1 heterocycles. The van der Waals surface area contributed by atoms with Crippen LogP contribution in [0.15, 0.2) is 94.9 Å². The molecule has 1 amide bonds. The fourth-order valence-corrected chi connectivity index (χ4v) is 5.86. The lowest BCUT2D eigenvalue weighted by Crippen LogP contribution is -2.40. The zero-order chi connectivity index (χ0) is 28.7. The Bertz CT molecular complexity index is 1580. The van der Waals surface area contributed by atoms with Gasteiger partial charge in [0.2, 0.25) is 10.0 Å². The number of ether oxygens (including phenoxy) is 1. The van der Waals surface area contributed by atoms with Crippen molar-refractivity contribution in [2.45, 2.75) is 32.1 Å². The molecule has 4 rings (SSSR count). The summed E-state index contributed by atoms with van der Waals surface area (Å²) < 4.78 is 35.4. The molecular formula is C31H34N4O4S. The third-order valence-electron chi connectivity index (χ3n) is 6.67. The molecule has 8 nitrogen and oxygen atoms in total. The van der Waals surface area contributed by atoms with Crippen molar-refractivity contribution in [1.82, 2.24) is 14.3 Å². The van der Waals surface area contributed by atoms with Crippen LogP contribution in [0.2, 0.25) is 0 Å². The van der Waals surface area contributed by atoms with E-state index in [2.05, 4.69) is 39.4 Å². The van der Waals surface area contributed by atoms with Gasteiger partial charge in [-0.15, -0.1) is 0 Å². The molecular weight excluding hydrogens is 524 g/mol. The number of carbonyl (C=O) groups is 1. The molecule has 0 aliphatic carbocycles. The highest BCUT2D eigenvalue weighted by Crippen LogP contribution is 2.21. The molecule has 208 valence electrons. The van der Waals surface area contributed by atoms with Crippen LogP contribution < -0.4 is 10.2 Å². The molecule has 0 aliphatic heterocycles. The number of benzene rings is 3. The maximum Gasteiger partial charge on any atom is 0.255 e. The summed E-state index contributed by atoms with van der Waals surface area (Å²) in [6.45, 7) is 5.80. The first kappa shape index (κ1) is 28.8. The lowest BCUT2D eigenvalue weighted by molar-refractivity contribution is -0.121. The van der Waals surface area contributed by atoms with Gasteiger partial charge in [-0.05, 0) is 75.2 Å². The van der Waals surface area contributed by atoms with Crippen molar-refractivity contribution < 1.29 is 17.9 Å². The van der Waals surface area contributed by atoms with Crippen molar-refractivity contribution in [3.63, 3.8) is 0 Å². The van der Waals surface area contributed by atoms with E-state index in [4.69, 9.17) is 4.74 Å². The maximum atomic E-state index is 13.5. The summed E-state index contributed by atoms with van der Waals surface area (Å²) in [4.78, 5) is 13.0. The number of nitrogens with zero attached hydrogens (tertiary/aromatic N) is 3. The largest absolute Gasteiger partial charge is 0.497 e. The molecule has 0 saturated carbocycles. The van der Waals surface area contributed by atoms with Crippen molar-refractivity contribution in [3.8, 4) is 11.4 Å². The average Bonchev–Trinajstić information content (AvgIpc) is 3.24. The van der Waals surface area contributed by atoms with E-state index in [0.717, 1.165) is 28.2 Å². The minimum Gasteiger partial charge on any atom is -0.497 e. The maximum absolute atomic E-state index is 13.5. The molecule has 0 spiro atoms. The van der Waals surface area contributed by atoms with Crippen LogP contribution in [0.4, 0.5) is 0 Å². The van der Waals surface area contributed by atoms with Crippen LogP contribution in [0.25, 0.3) is 5.69 Å². The Morgan fingerprint density at radius 2 is 1.65 bits per heavy atom. The number of aromatic nitrogens is 1. The molecule has 0 unspecified atom stereocenters. The lowest BCUT2D eigenvalue weighted by atomic mass is 10.1. The Labute approximate surface area is 236 Å². The summed E-state index contributed by atoms with van der Waals surface area (Å²) in [7, 11) is -2.43. The molecule has 0 saturated heterocycles. The number of sulfonamides is 1. The molecule has 0 bridgehead atoms. The van der Waals surface area contributed by atoms with Gasteiger partial charge in [-0.1, -0.05) is 48.0 Å².